The summed E-state index contributed by atoms with van der Waals surface area (Å²) in [7, 11) is 1.50. The van der Waals surface area contributed by atoms with Crippen molar-refractivity contribution >= 4 is 27.4 Å². The van der Waals surface area contributed by atoms with E-state index in [1.807, 2.05) is 36.4 Å². The monoisotopic (exact) mass is 421 g/mol. The Kier molecular flexibility index (Phi) is 3.98. The zero-order valence-corrected chi connectivity index (χ0v) is 17.3. The standard InChI is InChI=1S/C27H19NO4/c1-31-22-14-16(11-13-20(22)29)26-25-24(18-8-4-5-9-21(18)32-27(25)30)23-17-7-3-2-6-15(17)10-12-19(23)28-26/h2-14,26,28-29H,1H3/t26-/m0/s1. The van der Waals surface area contributed by atoms with Gasteiger partial charge in [-0.05, 0) is 40.6 Å². The van der Waals surface area contributed by atoms with Gasteiger partial charge in [-0.1, -0.05) is 54.6 Å². The summed E-state index contributed by atoms with van der Waals surface area (Å²) in [6.07, 6.45) is 0. The highest BCUT2D eigenvalue weighted by molar-refractivity contribution is 6.11. The third-order valence-electron chi connectivity index (χ3n) is 6.15. The Morgan fingerprint density at radius 3 is 2.53 bits per heavy atom. The summed E-state index contributed by atoms with van der Waals surface area (Å²) in [5.74, 6) is 0.393. The lowest BCUT2D eigenvalue weighted by atomic mass is 9.83. The number of hydrogen-bond donors (Lipinski definition) is 2. The number of para-hydroxylation sites is 1. The lowest BCUT2D eigenvalue weighted by Gasteiger charge is -2.31. The molecule has 32 heavy (non-hydrogen) atoms. The normalized spacial score (nSPS) is 14.6. The maximum Gasteiger partial charge on any atom is 0.342 e. The van der Waals surface area contributed by atoms with Crippen LogP contribution in [-0.4, -0.2) is 12.2 Å². The van der Waals surface area contributed by atoms with Gasteiger partial charge in [0.15, 0.2) is 11.5 Å². The van der Waals surface area contributed by atoms with Gasteiger partial charge in [0.1, 0.15) is 5.58 Å². The number of hydrogen-bond acceptors (Lipinski definition) is 5. The van der Waals surface area contributed by atoms with E-state index in [1.165, 1.54) is 7.11 Å². The Balaban J connectivity index is 1.74. The quantitative estimate of drug-likeness (QED) is 0.350. The van der Waals surface area contributed by atoms with Crippen LogP contribution in [0.15, 0.2) is 88.1 Å². The van der Waals surface area contributed by atoms with Crippen molar-refractivity contribution in [2.75, 3.05) is 12.4 Å². The first-order valence-electron chi connectivity index (χ1n) is 10.4. The van der Waals surface area contributed by atoms with E-state index in [9.17, 15) is 9.90 Å². The van der Waals surface area contributed by atoms with E-state index in [-0.39, 0.29) is 11.4 Å². The van der Waals surface area contributed by atoms with Crippen molar-refractivity contribution in [2.45, 2.75) is 6.04 Å². The number of ether oxygens (including phenoxy) is 1. The van der Waals surface area contributed by atoms with Crippen molar-refractivity contribution in [1.29, 1.82) is 0 Å². The van der Waals surface area contributed by atoms with Crippen LogP contribution in [0.3, 0.4) is 0 Å². The molecule has 5 nitrogen and oxygen atoms in total. The summed E-state index contributed by atoms with van der Waals surface area (Å²) in [6.45, 7) is 0. The molecule has 4 aromatic carbocycles. The summed E-state index contributed by atoms with van der Waals surface area (Å²) in [6, 6.07) is 24.6. The molecule has 5 heteroatoms. The van der Waals surface area contributed by atoms with Gasteiger partial charge < -0.3 is 19.6 Å². The van der Waals surface area contributed by atoms with Crippen molar-refractivity contribution < 1.29 is 14.3 Å². The molecule has 0 radical (unpaired) electrons. The summed E-state index contributed by atoms with van der Waals surface area (Å²) >= 11 is 0. The van der Waals surface area contributed by atoms with Crippen LogP contribution in [0.2, 0.25) is 0 Å². The van der Waals surface area contributed by atoms with Gasteiger partial charge in [-0.25, -0.2) is 4.79 Å². The molecule has 0 unspecified atom stereocenters. The molecule has 1 aliphatic rings. The predicted octanol–water partition coefficient (Wildman–Crippen LogP) is 5.84. The van der Waals surface area contributed by atoms with Crippen LogP contribution < -0.4 is 15.7 Å². The van der Waals surface area contributed by atoms with Crippen LogP contribution in [0.5, 0.6) is 11.5 Å². The summed E-state index contributed by atoms with van der Waals surface area (Å²) in [5, 5.41) is 16.7. The number of benzene rings is 4. The largest absolute Gasteiger partial charge is 0.504 e. The van der Waals surface area contributed by atoms with Gasteiger partial charge in [-0.3, -0.25) is 0 Å². The Morgan fingerprint density at radius 2 is 1.69 bits per heavy atom. The van der Waals surface area contributed by atoms with Gasteiger partial charge in [0, 0.05) is 22.2 Å². The van der Waals surface area contributed by atoms with Crippen LogP contribution in [0.1, 0.15) is 17.2 Å². The molecule has 0 fully saturated rings. The molecule has 5 aromatic rings. The Hall–Kier alpha value is -4.25. The zero-order chi connectivity index (χ0) is 21.8. The van der Waals surface area contributed by atoms with Gasteiger partial charge in [-0.15, -0.1) is 0 Å². The van der Waals surface area contributed by atoms with Crippen molar-refractivity contribution in [3.05, 3.63) is 100 Å². The number of aromatic hydroxyl groups is 1. The van der Waals surface area contributed by atoms with Gasteiger partial charge in [0.05, 0.1) is 18.7 Å². The number of fused-ring (bicyclic) bond motifs is 7. The van der Waals surface area contributed by atoms with Crippen LogP contribution in [0.4, 0.5) is 5.69 Å². The number of rotatable bonds is 2. The Bertz CT molecular complexity index is 1580. The molecule has 6 rings (SSSR count). The number of phenols is 1. The Labute approximate surface area is 183 Å². The molecule has 2 heterocycles. The number of nitrogens with one attached hydrogen (secondary N) is 1. The Morgan fingerprint density at radius 1 is 0.906 bits per heavy atom. The van der Waals surface area contributed by atoms with Gasteiger partial charge in [0.2, 0.25) is 0 Å². The van der Waals surface area contributed by atoms with Crippen LogP contribution in [-0.2, 0) is 0 Å². The number of methoxy groups -OCH3 is 1. The molecule has 1 aliphatic heterocycles. The van der Waals surface area contributed by atoms with Crippen molar-refractivity contribution in [2.24, 2.45) is 0 Å². The van der Waals surface area contributed by atoms with E-state index in [2.05, 4.69) is 29.6 Å². The van der Waals surface area contributed by atoms with Crippen molar-refractivity contribution in [3.63, 3.8) is 0 Å². The predicted molar refractivity (Wildman–Crippen MR) is 126 cm³/mol. The zero-order valence-electron chi connectivity index (χ0n) is 17.3. The maximum absolute atomic E-state index is 13.3. The molecule has 1 atom stereocenters. The summed E-state index contributed by atoms with van der Waals surface area (Å²) in [4.78, 5) is 13.3. The fraction of sp³-hybridized carbons (Fsp3) is 0.0741. The lowest BCUT2D eigenvalue weighted by molar-refractivity contribution is 0.373. The smallest absolute Gasteiger partial charge is 0.342 e. The van der Waals surface area contributed by atoms with Gasteiger partial charge >= 0.3 is 5.63 Å². The second kappa shape index (κ2) is 6.89. The van der Waals surface area contributed by atoms with Gasteiger partial charge in [-0.2, -0.15) is 0 Å². The first-order chi connectivity index (χ1) is 15.7. The van der Waals surface area contributed by atoms with Crippen LogP contribution in [0, 0.1) is 0 Å². The highest BCUT2D eigenvalue weighted by atomic mass is 16.5. The topological polar surface area (TPSA) is 71.7 Å². The highest BCUT2D eigenvalue weighted by Gasteiger charge is 2.32. The second-order valence-corrected chi connectivity index (χ2v) is 7.89. The van der Waals surface area contributed by atoms with Crippen molar-refractivity contribution in [1.82, 2.24) is 0 Å². The molecule has 0 amide bonds. The molecule has 1 aromatic heterocycles. The average Bonchev–Trinajstić information content (AvgIpc) is 2.83. The summed E-state index contributed by atoms with van der Waals surface area (Å²) in [5.41, 5.74) is 4.30. The molecule has 0 bridgehead atoms. The first-order valence-corrected chi connectivity index (χ1v) is 10.4. The highest BCUT2D eigenvalue weighted by Crippen LogP contribution is 2.48. The number of phenolic OH excluding ortho intramolecular Hbond substituents is 1. The van der Waals surface area contributed by atoms with E-state index in [0.717, 1.165) is 38.5 Å². The third kappa shape index (κ3) is 2.61. The third-order valence-corrected chi connectivity index (χ3v) is 6.15. The molecule has 0 saturated heterocycles. The first kappa shape index (κ1) is 18.5. The van der Waals surface area contributed by atoms with Crippen LogP contribution >= 0.6 is 0 Å². The van der Waals surface area contributed by atoms with E-state index in [4.69, 9.17) is 9.15 Å². The minimum atomic E-state index is -0.464. The molecule has 156 valence electrons. The molecule has 0 saturated carbocycles. The number of anilines is 1. The SMILES string of the molecule is COc1cc([C@@H]2Nc3ccc4ccccc4c3-c3c2c(=O)oc2ccccc32)ccc1O. The molecule has 0 aliphatic carbocycles. The van der Waals surface area contributed by atoms with E-state index in [1.54, 1.807) is 18.2 Å². The van der Waals surface area contributed by atoms with Crippen LogP contribution in [0.25, 0.3) is 32.9 Å². The summed E-state index contributed by atoms with van der Waals surface area (Å²) < 4.78 is 11.1. The minimum Gasteiger partial charge on any atom is -0.504 e. The molecular weight excluding hydrogens is 402 g/mol. The van der Waals surface area contributed by atoms with Crippen molar-refractivity contribution in [3.8, 4) is 22.6 Å². The fourth-order valence-corrected chi connectivity index (χ4v) is 4.71. The van der Waals surface area contributed by atoms with E-state index in [0.29, 0.717) is 16.9 Å². The fourth-order valence-electron chi connectivity index (χ4n) is 4.71. The second-order valence-electron chi connectivity index (χ2n) is 7.89. The maximum atomic E-state index is 13.3. The average molecular weight is 421 g/mol. The molecule has 2 N–H and O–H groups in total. The van der Waals surface area contributed by atoms with Gasteiger partial charge in [0.25, 0.3) is 0 Å². The minimum absolute atomic E-state index is 0.0456. The van der Waals surface area contributed by atoms with E-state index >= 15 is 0 Å². The molecular formula is C27H19NO4. The van der Waals surface area contributed by atoms with E-state index < -0.39 is 6.04 Å². The lowest BCUT2D eigenvalue weighted by Crippen LogP contribution is -2.25. The molecule has 0 spiro atoms.